The molecule has 0 heterocycles. The number of thiocarbonyl (C=S) groups is 1. The summed E-state index contributed by atoms with van der Waals surface area (Å²) in [7, 11) is 0. The Labute approximate surface area is 145 Å². The second-order valence-electron chi connectivity index (χ2n) is 4.61. The van der Waals surface area contributed by atoms with E-state index in [0.29, 0.717) is 17.3 Å². The third-order valence-electron chi connectivity index (χ3n) is 2.96. The minimum Gasteiger partial charge on any atom is -0.462 e. The highest BCUT2D eigenvalue weighted by molar-refractivity contribution is 7.98. The number of anilines is 2. The van der Waals surface area contributed by atoms with E-state index in [2.05, 4.69) is 10.6 Å². The van der Waals surface area contributed by atoms with Crippen molar-refractivity contribution in [1.82, 2.24) is 0 Å². The molecular formula is C17H18N2O2S2. The molecule has 120 valence electrons. The number of nitrogens with one attached hydrogen (secondary N) is 2. The molecule has 0 spiro atoms. The summed E-state index contributed by atoms with van der Waals surface area (Å²) in [6.45, 7) is 2.13. The molecule has 2 rings (SSSR count). The highest BCUT2D eigenvalue weighted by Crippen LogP contribution is 2.19. The SMILES string of the molecule is CCOC(=O)c1cccc(NC(=S)Nc2cccc(SC)c2)c1. The molecule has 0 fully saturated rings. The van der Waals surface area contributed by atoms with E-state index >= 15 is 0 Å². The smallest absolute Gasteiger partial charge is 0.338 e. The maximum atomic E-state index is 11.7. The van der Waals surface area contributed by atoms with Crippen LogP contribution in [0.3, 0.4) is 0 Å². The highest BCUT2D eigenvalue weighted by atomic mass is 32.2. The van der Waals surface area contributed by atoms with Crippen LogP contribution in [0.25, 0.3) is 0 Å². The largest absolute Gasteiger partial charge is 0.462 e. The van der Waals surface area contributed by atoms with Crippen molar-refractivity contribution in [2.75, 3.05) is 23.5 Å². The third kappa shape index (κ3) is 5.26. The zero-order valence-corrected chi connectivity index (χ0v) is 14.6. The van der Waals surface area contributed by atoms with Gasteiger partial charge in [0.15, 0.2) is 5.11 Å². The number of hydrogen-bond donors (Lipinski definition) is 2. The normalized spacial score (nSPS) is 10.0. The lowest BCUT2D eigenvalue weighted by molar-refractivity contribution is 0.0526. The first-order valence-corrected chi connectivity index (χ1v) is 8.75. The van der Waals surface area contributed by atoms with Crippen molar-refractivity contribution < 1.29 is 9.53 Å². The Kier molecular flexibility index (Phi) is 6.43. The number of esters is 1. The Hall–Kier alpha value is -2.05. The maximum Gasteiger partial charge on any atom is 0.338 e. The molecule has 2 aromatic rings. The lowest BCUT2D eigenvalue weighted by Gasteiger charge is -2.12. The summed E-state index contributed by atoms with van der Waals surface area (Å²) in [4.78, 5) is 12.9. The van der Waals surface area contributed by atoms with E-state index in [4.69, 9.17) is 17.0 Å². The molecule has 0 aromatic heterocycles. The van der Waals surface area contributed by atoms with E-state index in [-0.39, 0.29) is 5.97 Å². The van der Waals surface area contributed by atoms with Crippen LogP contribution in [0.15, 0.2) is 53.4 Å². The summed E-state index contributed by atoms with van der Waals surface area (Å²) in [5.74, 6) is -0.345. The zero-order valence-electron chi connectivity index (χ0n) is 13.0. The number of benzene rings is 2. The fraction of sp³-hybridized carbons (Fsp3) is 0.176. The molecule has 0 aliphatic rings. The van der Waals surface area contributed by atoms with Crippen LogP contribution >= 0.6 is 24.0 Å². The van der Waals surface area contributed by atoms with Crippen LogP contribution in [0.4, 0.5) is 11.4 Å². The number of hydrogen-bond acceptors (Lipinski definition) is 4. The quantitative estimate of drug-likeness (QED) is 0.476. The van der Waals surface area contributed by atoms with Gasteiger partial charge >= 0.3 is 5.97 Å². The molecule has 0 unspecified atom stereocenters. The summed E-state index contributed by atoms with van der Waals surface area (Å²) < 4.78 is 4.99. The standard InChI is InChI=1S/C17H18N2O2S2/c1-3-21-16(20)12-6-4-7-13(10-12)18-17(22)19-14-8-5-9-15(11-14)23-2/h4-11H,3H2,1-2H3,(H2,18,19,22). The Bertz CT molecular complexity index is 704. The van der Waals surface area contributed by atoms with Crippen LogP contribution in [0.1, 0.15) is 17.3 Å². The first-order valence-electron chi connectivity index (χ1n) is 7.11. The van der Waals surface area contributed by atoms with Crippen molar-refractivity contribution in [1.29, 1.82) is 0 Å². The molecule has 23 heavy (non-hydrogen) atoms. The van der Waals surface area contributed by atoms with Crippen molar-refractivity contribution >= 4 is 46.4 Å². The van der Waals surface area contributed by atoms with Crippen LogP contribution in [0.2, 0.25) is 0 Å². The predicted molar refractivity (Wildman–Crippen MR) is 100 cm³/mol. The maximum absolute atomic E-state index is 11.7. The number of rotatable bonds is 5. The van der Waals surface area contributed by atoms with Gasteiger partial charge in [-0.1, -0.05) is 12.1 Å². The van der Waals surface area contributed by atoms with Gasteiger partial charge in [0.05, 0.1) is 12.2 Å². The fourth-order valence-electron chi connectivity index (χ4n) is 1.93. The van der Waals surface area contributed by atoms with E-state index in [9.17, 15) is 4.79 Å². The molecule has 0 saturated carbocycles. The second-order valence-corrected chi connectivity index (χ2v) is 5.90. The topological polar surface area (TPSA) is 50.4 Å². The molecule has 6 heteroatoms. The predicted octanol–water partition coefficient (Wildman–Crippen LogP) is 4.39. The molecule has 4 nitrogen and oxygen atoms in total. The van der Waals surface area contributed by atoms with Crippen molar-refractivity contribution in [2.45, 2.75) is 11.8 Å². The number of carbonyl (C=O) groups excluding carboxylic acids is 1. The molecule has 0 atom stereocenters. The Morgan fingerprint density at radius 3 is 2.43 bits per heavy atom. The molecule has 0 amide bonds. The molecule has 0 saturated heterocycles. The number of ether oxygens (including phenoxy) is 1. The van der Waals surface area contributed by atoms with E-state index in [1.165, 1.54) is 0 Å². The second kappa shape index (κ2) is 8.55. The van der Waals surface area contributed by atoms with E-state index in [1.807, 2.05) is 36.6 Å². The van der Waals surface area contributed by atoms with Crippen LogP contribution in [0, 0.1) is 0 Å². The van der Waals surface area contributed by atoms with Crippen molar-refractivity contribution in [3.63, 3.8) is 0 Å². The number of thioether (sulfide) groups is 1. The van der Waals surface area contributed by atoms with Gasteiger partial charge in [0.25, 0.3) is 0 Å². The molecule has 2 N–H and O–H groups in total. The Balaban J connectivity index is 2.02. The van der Waals surface area contributed by atoms with Gasteiger partial charge in [0.1, 0.15) is 0 Å². The van der Waals surface area contributed by atoms with Gasteiger partial charge in [0.2, 0.25) is 0 Å². The molecular weight excluding hydrogens is 328 g/mol. The van der Waals surface area contributed by atoms with Crippen LogP contribution in [0.5, 0.6) is 0 Å². The highest BCUT2D eigenvalue weighted by Gasteiger charge is 2.07. The van der Waals surface area contributed by atoms with E-state index < -0.39 is 0 Å². The van der Waals surface area contributed by atoms with E-state index in [1.54, 1.807) is 36.9 Å². The minimum atomic E-state index is -0.345. The average Bonchev–Trinajstić information content (AvgIpc) is 2.55. The van der Waals surface area contributed by atoms with Gasteiger partial charge in [0, 0.05) is 16.3 Å². The van der Waals surface area contributed by atoms with Crippen molar-refractivity contribution in [2.24, 2.45) is 0 Å². The van der Waals surface area contributed by atoms with Gasteiger partial charge < -0.3 is 15.4 Å². The first kappa shape index (κ1) is 17.3. The third-order valence-corrected chi connectivity index (χ3v) is 3.89. The van der Waals surface area contributed by atoms with Gasteiger partial charge in [-0.25, -0.2) is 4.79 Å². The van der Waals surface area contributed by atoms with Crippen LogP contribution in [-0.2, 0) is 4.74 Å². The molecule has 0 bridgehead atoms. The summed E-state index contributed by atoms with van der Waals surface area (Å²) in [6.07, 6.45) is 2.02. The van der Waals surface area contributed by atoms with E-state index in [0.717, 1.165) is 16.3 Å². The van der Waals surface area contributed by atoms with Crippen molar-refractivity contribution in [3.8, 4) is 0 Å². The zero-order chi connectivity index (χ0) is 16.7. The van der Waals surface area contributed by atoms with Crippen LogP contribution < -0.4 is 10.6 Å². The molecule has 0 radical (unpaired) electrons. The summed E-state index contributed by atoms with van der Waals surface area (Å²) in [5.41, 5.74) is 2.13. The Morgan fingerprint density at radius 2 is 1.78 bits per heavy atom. The summed E-state index contributed by atoms with van der Waals surface area (Å²) in [6, 6.07) is 15.0. The minimum absolute atomic E-state index is 0.345. The van der Waals surface area contributed by atoms with Crippen LogP contribution in [-0.4, -0.2) is 23.9 Å². The van der Waals surface area contributed by atoms with Crippen molar-refractivity contribution in [3.05, 3.63) is 54.1 Å². The van der Waals surface area contributed by atoms with Gasteiger partial charge in [-0.15, -0.1) is 11.8 Å². The lowest BCUT2D eigenvalue weighted by Crippen LogP contribution is -2.19. The Morgan fingerprint density at radius 1 is 1.13 bits per heavy atom. The lowest BCUT2D eigenvalue weighted by atomic mass is 10.2. The van der Waals surface area contributed by atoms with Gasteiger partial charge in [-0.2, -0.15) is 0 Å². The molecule has 0 aliphatic carbocycles. The monoisotopic (exact) mass is 346 g/mol. The number of carbonyl (C=O) groups is 1. The molecule has 2 aromatic carbocycles. The average molecular weight is 346 g/mol. The fourth-order valence-corrected chi connectivity index (χ4v) is 2.63. The molecule has 0 aliphatic heterocycles. The summed E-state index contributed by atoms with van der Waals surface area (Å²) >= 11 is 6.98. The van der Waals surface area contributed by atoms with Gasteiger partial charge in [-0.3, -0.25) is 0 Å². The van der Waals surface area contributed by atoms with Gasteiger partial charge in [-0.05, 0) is 61.8 Å². The summed E-state index contributed by atoms with van der Waals surface area (Å²) in [5, 5.41) is 6.66. The first-order chi connectivity index (χ1) is 11.1.